The monoisotopic (exact) mass is 371 g/mol. The van der Waals surface area contributed by atoms with E-state index in [0.29, 0.717) is 0 Å². The average molecular weight is 371 g/mol. The van der Waals surface area contributed by atoms with Gasteiger partial charge in [0, 0.05) is 5.92 Å². The van der Waals surface area contributed by atoms with Gasteiger partial charge in [0.15, 0.2) is 9.84 Å². The molecular formula is C17H19F2NO4S. The molecule has 0 radical (unpaired) electrons. The number of carbonyl (C=O) groups excluding carboxylic acids is 1. The Hall–Kier alpha value is -2.06. The SMILES string of the molecule is CC(C)C(=O)N(F)C1=CC=CC(C)(S(=O)(=O)c2ccc(F)cc2)C1O. The molecule has 2 rings (SSSR count). The highest BCUT2D eigenvalue weighted by atomic mass is 32.2. The van der Waals surface area contributed by atoms with Crippen molar-refractivity contribution in [2.75, 3.05) is 0 Å². The Morgan fingerprint density at radius 2 is 1.84 bits per heavy atom. The first-order chi connectivity index (χ1) is 11.5. The van der Waals surface area contributed by atoms with E-state index in [1.54, 1.807) is 0 Å². The number of hydrogen-bond acceptors (Lipinski definition) is 4. The van der Waals surface area contributed by atoms with Crippen LogP contribution in [-0.2, 0) is 14.6 Å². The van der Waals surface area contributed by atoms with E-state index in [-0.39, 0.29) is 10.0 Å². The molecule has 8 heteroatoms. The van der Waals surface area contributed by atoms with Crippen LogP contribution in [0.15, 0.2) is 53.1 Å². The Kier molecular flexibility index (Phi) is 5.15. The lowest BCUT2D eigenvalue weighted by Crippen LogP contribution is -2.50. The molecule has 0 aromatic heterocycles. The highest BCUT2D eigenvalue weighted by molar-refractivity contribution is 7.93. The summed E-state index contributed by atoms with van der Waals surface area (Å²) in [5.41, 5.74) is -0.464. The molecule has 2 atom stereocenters. The van der Waals surface area contributed by atoms with Crippen molar-refractivity contribution in [3.63, 3.8) is 0 Å². The van der Waals surface area contributed by atoms with Crippen LogP contribution in [-0.4, -0.2) is 35.4 Å². The van der Waals surface area contributed by atoms with Crippen molar-refractivity contribution in [1.29, 1.82) is 0 Å². The van der Waals surface area contributed by atoms with Crippen LogP contribution in [0.3, 0.4) is 0 Å². The molecule has 0 fully saturated rings. The van der Waals surface area contributed by atoms with E-state index in [0.717, 1.165) is 30.3 Å². The highest BCUT2D eigenvalue weighted by Crippen LogP contribution is 2.37. The Labute approximate surface area is 145 Å². The van der Waals surface area contributed by atoms with Gasteiger partial charge in [-0.3, -0.25) is 4.79 Å². The van der Waals surface area contributed by atoms with Crippen LogP contribution in [0, 0.1) is 11.7 Å². The van der Waals surface area contributed by atoms with E-state index in [4.69, 9.17) is 0 Å². The number of sulfone groups is 1. The van der Waals surface area contributed by atoms with Gasteiger partial charge in [-0.2, -0.15) is 0 Å². The fraction of sp³-hybridized carbons (Fsp3) is 0.353. The van der Waals surface area contributed by atoms with Crippen LogP contribution < -0.4 is 0 Å². The minimum absolute atomic E-state index is 0.220. The zero-order valence-corrected chi connectivity index (χ0v) is 14.8. The molecule has 1 N–H and O–H groups in total. The molecule has 0 spiro atoms. The van der Waals surface area contributed by atoms with Gasteiger partial charge >= 0.3 is 0 Å². The smallest absolute Gasteiger partial charge is 0.257 e. The minimum atomic E-state index is -4.19. The summed E-state index contributed by atoms with van der Waals surface area (Å²) < 4.78 is 51.3. The van der Waals surface area contributed by atoms with Crippen LogP contribution in [0.5, 0.6) is 0 Å². The number of rotatable bonds is 4. The Morgan fingerprint density at radius 3 is 2.36 bits per heavy atom. The Morgan fingerprint density at radius 1 is 1.28 bits per heavy atom. The van der Waals surface area contributed by atoms with Crippen molar-refractivity contribution < 1.29 is 27.2 Å². The van der Waals surface area contributed by atoms with Gasteiger partial charge in [-0.1, -0.05) is 30.5 Å². The largest absolute Gasteiger partial charge is 0.385 e. The summed E-state index contributed by atoms with van der Waals surface area (Å²) >= 11 is 0. The quantitative estimate of drug-likeness (QED) is 0.652. The van der Waals surface area contributed by atoms with E-state index >= 15 is 0 Å². The van der Waals surface area contributed by atoms with Crippen LogP contribution in [0.25, 0.3) is 0 Å². The van der Waals surface area contributed by atoms with Crippen LogP contribution in [0.1, 0.15) is 20.8 Å². The predicted molar refractivity (Wildman–Crippen MR) is 88.0 cm³/mol. The van der Waals surface area contributed by atoms with Gasteiger partial charge in [-0.25, -0.2) is 12.8 Å². The van der Waals surface area contributed by atoms with Gasteiger partial charge in [0.1, 0.15) is 16.7 Å². The number of nitrogens with zero attached hydrogens (tertiary/aromatic N) is 1. The van der Waals surface area contributed by atoms with Crippen molar-refractivity contribution in [3.05, 3.63) is 54.0 Å². The summed E-state index contributed by atoms with van der Waals surface area (Å²) in [4.78, 5) is 11.6. The molecule has 1 amide bonds. The Balaban J connectivity index is 2.45. The third kappa shape index (κ3) is 3.23. The van der Waals surface area contributed by atoms with Crippen LogP contribution in [0.4, 0.5) is 8.87 Å². The maximum atomic E-state index is 14.3. The molecule has 0 heterocycles. The van der Waals surface area contributed by atoms with Crippen molar-refractivity contribution in [3.8, 4) is 0 Å². The summed E-state index contributed by atoms with van der Waals surface area (Å²) in [5, 5.41) is 10.3. The molecule has 0 aliphatic heterocycles. The van der Waals surface area contributed by atoms with E-state index in [2.05, 4.69) is 0 Å². The maximum absolute atomic E-state index is 14.3. The normalized spacial score (nSPS) is 23.5. The zero-order chi connectivity index (χ0) is 19.0. The summed E-state index contributed by atoms with van der Waals surface area (Å²) in [6.07, 6.45) is 1.81. The zero-order valence-electron chi connectivity index (χ0n) is 14.0. The van der Waals surface area contributed by atoms with Crippen molar-refractivity contribution in [2.45, 2.75) is 36.5 Å². The lowest BCUT2D eigenvalue weighted by molar-refractivity contribution is -0.147. The molecule has 1 aliphatic rings. The molecule has 0 saturated carbocycles. The number of allylic oxidation sites excluding steroid dienone is 2. The van der Waals surface area contributed by atoms with Crippen LogP contribution >= 0.6 is 0 Å². The topological polar surface area (TPSA) is 74.7 Å². The van der Waals surface area contributed by atoms with Gasteiger partial charge in [-0.05, 0) is 37.3 Å². The van der Waals surface area contributed by atoms with Gasteiger partial charge in [0.2, 0.25) is 0 Å². The van der Waals surface area contributed by atoms with Crippen molar-refractivity contribution in [2.24, 2.45) is 5.92 Å². The molecule has 0 bridgehead atoms. The molecule has 1 aliphatic carbocycles. The third-order valence-corrected chi connectivity index (χ3v) is 6.54. The first-order valence-electron chi connectivity index (χ1n) is 7.60. The molecule has 136 valence electrons. The van der Waals surface area contributed by atoms with E-state index in [1.165, 1.54) is 32.9 Å². The molecule has 25 heavy (non-hydrogen) atoms. The molecule has 1 aromatic rings. The van der Waals surface area contributed by atoms with Gasteiger partial charge in [0.05, 0.1) is 10.6 Å². The highest BCUT2D eigenvalue weighted by Gasteiger charge is 2.49. The van der Waals surface area contributed by atoms with E-state index in [9.17, 15) is 27.2 Å². The first kappa shape index (κ1) is 19.3. The van der Waals surface area contributed by atoms with Gasteiger partial charge in [0.25, 0.3) is 5.91 Å². The summed E-state index contributed by atoms with van der Waals surface area (Å²) in [7, 11) is -4.19. The molecular weight excluding hydrogens is 352 g/mol. The fourth-order valence-electron chi connectivity index (χ4n) is 2.44. The lowest BCUT2D eigenvalue weighted by atomic mass is 9.95. The standard InChI is InChI=1S/C17H19F2NO4S/c1-11(2)16(22)20(19)14-5-4-10-17(3,15(14)21)25(23,24)13-8-6-12(18)7-9-13/h4-11,15,21H,1-3H3. The third-order valence-electron chi connectivity index (χ3n) is 4.13. The second kappa shape index (κ2) is 6.68. The number of aliphatic hydroxyl groups excluding tert-OH is 1. The first-order valence-corrected chi connectivity index (χ1v) is 9.08. The summed E-state index contributed by atoms with van der Waals surface area (Å²) in [6.45, 7) is 4.18. The number of halogens is 2. The maximum Gasteiger partial charge on any atom is 0.257 e. The average Bonchev–Trinajstić information content (AvgIpc) is 2.56. The van der Waals surface area contributed by atoms with Gasteiger partial charge < -0.3 is 5.11 Å². The van der Waals surface area contributed by atoms with E-state index < -0.39 is 44.0 Å². The molecule has 5 nitrogen and oxygen atoms in total. The number of aliphatic hydroxyl groups is 1. The van der Waals surface area contributed by atoms with Crippen molar-refractivity contribution >= 4 is 15.7 Å². The van der Waals surface area contributed by atoms with Gasteiger partial charge in [-0.15, -0.1) is 5.12 Å². The predicted octanol–water partition coefficient (Wildman–Crippen LogP) is 2.54. The second-order valence-electron chi connectivity index (χ2n) is 6.27. The molecule has 1 aromatic carbocycles. The van der Waals surface area contributed by atoms with E-state index in [1.807, 2.05) is 0 Å². The molecule has 2 unspecified atom stereocenters. The van der Waals surface area contributed by atoms with Crippen LogP contribution in [0.2, 0.25) is 0 Å². The number of benzene rings is 1. The summed E-state index contributed by atoms with van der Waals surface area (Å²) in [5.74, 6) is -2.19. The second-order valence-corrected chi connectivity index (χ2v) is 8.63. The summed E-state index contributed by atoms with van der Waals surface area (Å²) in [6, 6.07) is 4.10. The Bertz CT molecular complexity index is 831. The number of hydrogen-bond donors (Lipinski definition) is 1. The van der Waals surface area contributed by atoms with Crippen molar-refractivity contribution in [1.82, 2.24) is 5.12 Å². The number of carbonyl (C=O) groups is 1. The molecule has 0 saturated heterocycles. The fourth-order valence-corrected chi connectivity index (χ4v) is 4.12. The minimum Gasteiger partial charge on any atom is -0.385 e. The number of amides is 1. The lowest BCUT2D eigenvalue weighted by Gasteiger charge is -2.36.